The van der Waals surface area contributed by atoms with E-state index in [0.29, 0.717) is 18.2 Å². The van der Waals surface area contributed by atoms with Crippen LogP contribution in [0.1, 0.15) is 49.9 Å². The van der Waals surface area contributed by atoms with Crippen LogP contribution in [0, 0.1) is 5.92 Å². The van der Waals surface area contributed by atoms with Crippen LogP contribution in [-0.4, -0.2) is 34.2 Å². The zero-order valence-corrected chi connectivity index (χ0v) is 11.3. The lowest BCUT2D eigenvalue weighted by atomic mass is 10.0. The maximum Gasteiger partial charge on any atom is 0.276 e. The molecule has 1 aromatic heterocycles. The van der Waals surface area contributed by atoms with Gasteiger partial charge in [0.1, 0.15) is 6.61 Å². The quantitative estimate of drug-likeness (QED) is 0.808. The zero-order valence-electron chi connectivity index (χ0n) is 11.3. The highest BCUT2D eigenvalue weighted by atomic mass is 16.5. The predicted molar refractivity (Wildman–Crippen MR) is 68.1 cm³/mol. The molecule has 0 fully saturated rings. The van der Waals surface area contributed by atoms with Crippen molar-refractivity contribution in [2.24, 2.45) is 5.92 Å². The van der Waals surface area contributed by atoms with E-state index in [4.69, 9.17) is 9.63 Å². The van der Waals surface area contributed by atoms with Crippen LogP contribution in [0.3, 0.4) is 0 Å². The Bertz CT molecular complexity index is 372. The fourth-order valence-corrected chi connectivity index (χ4v) is 1.86. The highest BCUT2D eigenvalue weighted by molar-refractivity contribution is 5.92. The Balaban J connectivity index is 2.72. The van der Waals surface area contributed by atoms with Gasteiger partial charge in [0.05, 0.1) is 0 Å². The van der Waals surface area contributed by atoms with Crippen molar-refractivity contribution < 1.29 is 14.4 Å². The van der Waals surface area contributed by atoms with Crippen molar-refractivity contribution in [2.45, 2.75) is 40.2 Å². The van der Waals surface area contributed by atoms with Gasteiger partial charge in [0.15, 0.2) is 11.5 Å². The number of hydrogen-bond acceptors (Lipinski definition) is 4. The van der Waals surface area contributed by atoms with Gasteiger partial charge in [-0.05, 0) is 12.8 Å². The third kappa shape index (κ3) is 3.57. The second kappa shape index (κ2) is 7.16. The van der Waals surface area contributed by atoms with E-state index < -0.39 is 0 Å². The molecular weight excluding hydrogens is 232 g/mol. The van der Waals surface area contributed by atoms with Crippen LogP contribution in [-0.2, 0) is 6.61 Å². The smallest absolute Gasteiger partial charge is 0.276 e. The number of nitrogens with zero attached hydrogens (tertiary/aromatic N) is 2. The molecule has 0 atom stereocenters. The second-order valence-electron chi connectivity index (χ2n) is 4.36. The highest BCUT2D eigenvalue weighted by Gasteiger charge is 2.20. The van der Waals surface area contributed by atoms with Crippen LogP contribution in [0.4, 0.5) is 0 Å². The molecule has 0 aliphatic carbocycles. The van der Waals surface area contributed by atoms with Crippen molar-refractivity contribution in [1.82, 2.24) is 10.1 Å². The molecule has 0 bridgehead atoms. The van der Waals surface area contributed by atoms with E-state index in [1.165, 1.54) is 6.07 Å². The molecule has 1 heterocycles. The third-order valence-corrected chi connectivity index (χ3v) is 3.24. The lowest BCUT2D eigenvalue weighted by Crippen LogP contribution is -2.35. The Morgan fingerprint density at radius 1 is 1.44 bits per heavy atom. The first kappa shape index (κ1) is 14.7. The van der Waals surface area contributed by atoms with Crippen molar-refractivity contribution >= 4 is 5.91 Å². The normalized spacial score (nSPS) is 10.9. The first-order valence-corrected chi connectivity index (χ1v) is 6.51. The molecule has 0 saturated heterocycles. The van der Waals surface area contributed by atoms with E-state index in [1.54, 1.807) is 4.90 Å². The average molecular weight is 254 g/mol. The van der Waals surface area contributed by atoms with Crippen molar-refractivity contribution in [3.05, 3.63) is 17.5 Å². The topological polar surface area (TPSA) is 66.6 Å². The summed E-state index contributed by atoms with van der Waals surface area (Å²) in [4.78, 5) is 14.0. The van der Waals surface area contributed by atoms with Crippen LogP contribution < -0.4 is 0 Å². The SMILES string of the molecule is CCC(CC)CN(CC)C(=O)c1cc(CO)on1. The molecule has 1 N–H and O–H groups in total. The van der Waals surface area contributed by atoms with E-state index >= 15 is 0 Å². The van der Waals surface area contributed by atoms with Gasteiger partial charge < -0.3 is 14.5 Å². The maximum absolute atomic E-state index is 12.2. The number of aliphatic hydroxyl groups excluding tert-OH is 1. The van der Waals surface area contributed by atoms with Gasteiger partial charge in [0, 0.05) is 19.2 Å². The Kier molecular flexibility index (Phi) is 5.85. The van der Waals surface area contributed by atoms with Gasteiger partial charge in [-0.3, -0.25) is 4.79 Å². The molecule has 0 aliphatic rings. The molecule has 0 unspecified atom stereocenters. The van der Waals surface area contributed by atoms with Crippen LogP contribution in [0.25, 0.3) is 0 Å². The minimum absolute atomic E-state index is 0.132. The molecule has 0 aliphatic heterocycles. The van der Waals surface area contributed by atoms with Gasteiger partial charge in [0.2, 0.25) is 0 Å². The van der Waals surface area contributed by atoms with Crippen molar-refractivity contribution in [3.63, 3.8) is 0 Å². The van der Waals surface area contributed by atoms with E-state index in [0.717, 1.165) is 19.4 Å². The fraction of sp³-hybridized carbons (Fsp3) is 0.692. The summed E-state index contributed by atoms with van der Waals surface area (Å²) in [5, 5.41) is 12.6. The summed E-state index contributed by atoms with van der Waals surface area (Å²) >= 11 is 0. The highest BCUT2D eigenvalue weighted by Crippen LogP contribution is 2.13. The molecule has 0 aromatic carbocycles. The number of hydrogen-bond donors (Lipinski definition) is 1. The summed E-state index contributed by atoms with van der Waals surface area (Å²) in [6.07, 6.45) is 2.11. The first-order valence-electron chi connectivity index (χ1n) is 6.51. The Morgan fingerprint density at radius 3 is 2.56 bits per heavy atom. The number of aromatic nitrogens is 1. The van der Waals surface area contributed by atoms with Gasteiger partial charge in [-0.15, -0.1) is 0 Å². The zero-order chi connectivity index (χ0) is 13.5. The van der Waals surface area contributed by atoms with Gasteiger partial charge in [-0.2, -0.15) is 0 Å². The van der Waals surface area contributed by atoms with Gasteiger partial charge in [0.25, 0.3) is 5.91 Å². The van der Waals surface area contributed by atoms with Crippen molar-refractivity contribution in [1.29, 1.82) is 0 Å². The minimum atomic E-state index is -0.237. The Morgan fingerprint density at radius 2 is 2.11 bits per heavy atom. The molecule has 0 spiro atoms. The Labute approximate surface area is 108 Å². The monoisotopic (exact) mass is 254 g/mol. The lowest BCUT2D eigenvalue weighted by molar-refractivity contribution is 0.0724. The summed E-state index contributed by atoms with van der Waals surface area (Å²) in [5.74, 6) is 0.697. The van der Waals surface area contributed by atoms with Crippen LogP contribution in [0.15, 0.2) is 10.6 Å². The number of amides is 1. The molecule has 18 heavy (non-hydrogen) atoms. The standard InChI is InChI=1S/C13H22N2O3/c1-4-10(5-2)8-15(6-3)13(17)12-7-11(9-16)18-14-12/h7,10,16H,4-6,8-9H2,1-3H3. The van der Waals surface area contributed by atoms with Crippen LogP contribution in [0.5, 0.6) is 0 Å². The largest absolute Gasteiger partial charge is 0.388 e. The summed E-state index contributed by atoms with van der Waals surface area (Å²) in [6.45, 7) is 7.37. The summed E-state index contributed by atoms with van der Waals surface area (Å²) < 4.78 is 4.84. The molecule has 0 radical (unpaired) electrons. The second-order valence-corrected chi connectivity index (χ2v) is 4.36. The number of carbonyl (C=O) groups is 1. The summed E-state index contributed by atoms with van der Waals surface area (Å²) in [6, 6.07) is 1.50. The molecular formula is C13H22N2O3. The molecule has 1 rings (SSSR count). The van der Waals surface area contributed by atoms with Crippen molar-refractivity contribution in [3.8, 4) is 0 Å². The van der Waals surface area contributed by atoms with E-state index in [-0.39, 0.29) is 18.2 Å². The third-order valence-electron chi connectivity index (χ3n) is 3.24. The summed E-state index contributed by atoms with van der Waals surface area (Å²) in [5.41, 5.74) is 0.270. The first-order chi connectivity index (χ1) is 8.65. The molecule has 5 heteroatoms. The predicted octanol–water partition coefficient (Wildman–Crippen LogP) is 2.07. The van der Waals surface area contributed by atoms with Gasteiger partial charge in [-0.25, -0.2) is 0 Å². The summed E-state index contributed by atoms with van der Waals surface area (Å²) in [7, 11) is 0. The van der Waals surface area contributed by atoms with Gasteiger partial charge in [-0.1, -0.05) is 31.8 Å². The minimum Gasteiger partial charge on any atom is -0.388 e. The molecule has 0 saturated carbocycles. The van der Waals surface area contributed by atoms with Crippen LogP contribution in [0.2, 0.25) is 0 Å². The number of aliphatic hydroxyl groups is 1. The van der Waals surface area contributed by atoms with Gasteiger partial charge >= 0.3 is 0 Å². The van der Waals surface area contributed by atoms with Crippen molar-refractivity contribution in [2.75, 3.05) is 13.1 Å². The van der Waals surface area contributed by atoms with E-state index in [1.807, 2.05) is 6.92 Å². The molecule has 102 valence electrons. The van der Waals surface area contributed by atoms with E-state index in [2.05, 4.69) is 19.0 Å². The maximum atomic E-state index is 12.2. The fourth-order valence-electron chi connectivity index (χ4n) is 1.86. The molecule has 5 nitrogen and oxygen atoms in total. The van der Waals surface area contributed by atoms with E-state index in [9.17, 15) is 4.79 Å². The lowest BCUT2D eigenvalue weighted by Gasteiger charge is -2.24. The molecule has 1 amide bonds. The molecule has 1 aromatic rings. The number of rotatable bonds is 7. The number of carbonyl (C=O) groups excluding carboxylic acids is 1. The van der Waals surface area contributed by atoms with Crippen LogP contribution >= 0.6 is 0 Å². The Hall–Kier alpha value is -1.36. The average Bonchev–Trinajstić information content (AvgIpc) is 2.88.